The zero-order valence-electron chi connectivity index (χ0n) is 14.4. The van der Waals surface area contributed by atoms with Crippen molar-refractivity contribution in [1.29, 1.82) is 0 Å². The molecule has 3 atom stereocenters. The van der Waals surface area contributed by atoms with Crippen molar-refractivity contribution in [1.82, 2.24) is 15.1 Å². The van der Waals surface area contributed by atoms with Gasteiger partial charge < -0.3 is 10.4 Å². The molecule has 0 spiro atoms. The molecule has 0 aliphatic heterocycles. The average Bonchev–Trinajstić information content (AvgIpc) is 2.77. The molecule has 6 heteroatoms. The van der Waals surface area contributed by atoms with Crippen molar-refractivity contribution in [2.75, 3.05) is 0 Å². The molecule has 1 aromatic heterocycles. The molecule has 0 saturated heterocycles. The third kappa shape index (κ3) is 3.92. The Hall–Kier alpha value is -1.85. The highest BCUT2D eigenvalue weighted by atomic mass is 16.4. The molecule has 23 heavy (non-hydrogen) atoms. The number of amides is 1. The predicted octanol–water partition coefficient (Wildman–Crippen LogP) is 2.60. The standard InChI is InChI=1S/C17H27N3O3/c1-11-9-12(2)20(19-11)13(3)10-15(21)18-17(4)8-6-5-7-14(17)16(22)23/h9,13-14H,5-8,10H2,1-4H3,(H,18,21)(H,22,23). The van der Waals surface area contributed by atoms with E-state index in [0.29, 0.717) is 19.3 Å². The summed E-state index contributed by atoms with van der Waals surface area (Å²) in [6.45, 7) is 7.71. The number of carboxylic acids is 1. The van der Waals surface area contributed by atoms with E-state index < -0.39 is 17.4 Å². The van der Waals surface area contributed by atoms with Gasteiger partial charge in [0.2, 0.25) is 5.91 Å². The molecule has 0 aromatic carbocycles. The fourth-order valence-corrected chi connectivity index (χ4v) is 3.70. The van der Waals surface area contributed by atoms with Gasteiger partial charge in [0, 0.05) is 12.1 Å². The second kappa shape index (κ2) is 6.72. The Morgan fingerprint density at radius 1 is 1.48 bits per heavy atom. The molecule has 1 saturated carbocycles. The van der Waals surface area contributed by atoms with Crippen LogP contribution >= 0.6 is 0 Å². The first-order valence-corrected chi connectivity index (χ1v) is 8.29. The molecule has 1 aliphatic carbocycles. The molecule has 3 unspecified atom stereocenters. The van der Waals surface area contributed by atoms with Gasteiger partial charge in [-0.15, -0.1) is 0 Å². The van der Waals surface area contributed by atoms with E-state index >= 15 is 0 Å². The minimum atomic E-state index is -0.820. The predicted molar refractivity (Wildman–Crippen MR) is 87.2 cm³/mol. The van der Waals surface area contributed by atoms with Gasteiger partial charge in [0.25, 0.3) is 0 Å². The number of aromatic nitrogens is 2. The number of hydrogen-bond donors (Lipinski definition) is 2. The lowest BCUT2D eigenvalue weighted by atomic mass is 9.74. The fraction of sp³-hybridized carbons (Fsp3) is 0.706. The first kappa shape index (κ1) is 17.5. The number of carboxylic acid groups (broad SMARTS) is 1. The molecule has 1 aliphatic rings. The van der Waals surface area contributed by atoms with Crippen LogP contribution in [0.5, 0.6) is 0 Å². The van der Waals surface area contributed by atoms with Crippen molar-refractivity contribution >= 4 is 11.9 Å². The summed E-state index contributed by atoms with van der Waals surface area (Å²) in [5, 5.41) is 16.8. The van der Waals surface area contributed by atoms with Crippen molar-refractivity contribution < 1.29 is 14.7 Å². The largest absolute Gasteiger partial charge is 0.481 e. The Kier molecular flexibility index (Phi) is 5.12. The molecule has 1 heterocycles. The maximum absolute atomic E-state index is 12.4. The van der Waals surface area contributed by atoms with Gasteiger partial charge in [-0.3, -0.25) is 14.3 Å². The summed E-state index contributed by atoms with van der Waals surface area (Å²) in [6, 6.07) is 1.93. The zero-order chi connectivity index (χ0) is 17.2. The van der Waals surface area contributed by atoms with E-state index in [1.807, 2.05) is 38.4 Å². The third-order valence-corrected chi connectivity index (χ3v) is 4.87. The Morgan fingerprint density at radius 2 is 2.17 bits per heavy atom. The van der Waals surface area contributed by atoms with E-state index in [1.165, 1.54) is 0 Å². The zero-order valence-corrected chi connectivity index (χ0v) is 14.4. The Labute approximate surface area is 137 Å². The van der Waals surface area contributed by atoms with Gasteiger partial charge in [-0.1, -0.05) is 12.8 Å². The van der Waals surface area contributed by atoms with Crippen molar-refractivity contribution in [3.63, 3.8) is 0 Å². The molecular formula is C17H27N3O3. The molecule has 0 bridgehead atoms. The normalized spacial score (nSPS) is 25.8. The molecule has 1 amide bonds. The van der Waals surface area contributed by atoms with Crippen LogP contribution in [0.2, 0.25) is 0 Å². The van der Waals surface area contributed by atoms with E-state index in [0.717, 1.165) is 24.2 Å². The van der Waals surface area contributed by atoms with Gasteiger partial charge >= 0.3 is 5.97 Å². The van der Waals surface area contributed by atoms with Crippen LogP contribution in [0.15, 0.2) is 6.07 Å². The molecule has 0 radical (unpaired) electrons. The number of hydrogen-bond acceptors (Lipinski definition) is 3. The Balaban J connectivity index is 2.03. The van der Waals surface area contributed by atoms with E-state index in [4.69, 9.17) is 0 Å². The van der Waals surface area contributed by atoms with Gasteiger partial charge in [0.05, 0.1) is 23.2 Å². The number of carbonyl (C=O) groups excluding carboxylic acids is 1. The average molecular weight is 321 g/mol. The summed E-state index contributed by atoms with van der Waals surface area (Å²) in [4.78, 5) is 23.9. The van der Waals surface area contributed by atoms with Gasteiger partial charge in [-0.25, -0.2) is 0 Å². The van der Waals surface area contributed by atoms with Gasteiger partial charge in [0.1, 0.15) is 0 Å². The summed E-state index contributed by atoms with van der Waals surface area (Å²) in [5.41, 5.74) is 1.30. The van der Waals surface area contributed by atoms with Crippen LogP contribution in [0.3, 0.4) is 0 Å². The quantitative estimate of drug-likeness (QED) is 0.873. The van der Waals surface area contributed by atoms with Gasteiger partial charge in [-0.2, -0.15) is 5.10 Å². The van der Waals surface area contributed by atoms with Crippen molar-refractivity contribution in [3.8, 4) is 0 Å². The lowest BCUT2D eigenvalue weighted by molar-refractivity contribution is -0.146. The number of aryl methyl sites for hydroxylation is 2. The van der Waals surface area contributed by atoms with Gasteiger partial charge in [-0.05, 0) is 46.6 Å². The smallest absolute Gasteiger partial charge is 0.308 e. The monoisotopic (exact) mass is 321 g/mol. The molecule has 1 aromatic rings. The molecular weight excluding hydrogens is 294 g/mol. The summed E-state index contributed by atoms with van der Waals surface area (Å²) in [7, 11) is 0. The van der Waals surface area contributed by atoms with Crippen LogP contribution in [0.25, 0.3) is 0 Å². The van der Waals surface area contributed by atoms with Crippen molar-refractivity contribution in [2.24, 2.45) is 5.92 Å². The number of rotatable bonds is 5. The highest BCUT2D eigenvalue weighted by Crippen LogP contribution is 2.34. The molecule has 2 rings (SSSR count). The van der Waals surface area contributed by atoms with Crippen molar-refractivity contribution in [3.05, 3.63) is 17.5 Å². The van der Waals surface area contributed by atoms with Crippen LogP contribution in [0, 0.1) is 19.8 Å². The van der Waals surface area contributed by atoms with E-state index in [9.17, 15) is 14.7 Å². The number of aliphatic carboxylic acids is 1. The molecule has 128 valence electrons. The Bertz CT molecular complexity index is 596. The van der Waals surface area contributed by atoms with E-state index in [2.05, 4.69) is 10.4 Å². The summed E-state index contributed by atoms with van der Waals surface area (Å²) < 4.78 is 1.85. The van der Waals surface area contributed by atoms with Crippen LogP contribution < -0.4 is 5.32 Å². The lowest BCUT2D eigenvalue weighted by Crippen LogP contribution is -2.55. The third-order valence-electron chi connectivity index (χ3n) is 4.87. The lowest BCUT2D eigenvalue weighted by Gasteiger charge is -2.40. The molecule has 2 N–H and O–H groups in total. The summed E-state index contributed by atoms with van der Waals surface area (Å²) in [6.07, 6.45) is 3.49. The van der Waals surface area contributed by atoms with Crippen LogP contribution in [0.1, 0.15) is 63.4 Å². The second-order valence-electron chi connectivity index (χ2n) is 7.03. The van der Waals surface area contributed by atoms with Crippen molar-refractivity contribution in [2.45, 2.75) is 71.4 Å². The van der Waals surface area contributed by atoms with Crippen LogP contribution in [-0.2, 0) is 9.59 Å². The van der Waals surface area contributed by atoms with Crippen LogP contribution in [0.4, 0.5) is 0 Å². The number of nitrogens with one attached hydrogen (secondary N) is 1. The highest BCUT2D eigenvalue weighted by molar-refractivity contribution is 5.79. The fourth-order valence-electron chi connectivity index (χ4n) is 3.70. The maximum Gasteiger partial charge on any atom is 0.308 e. The number of nitrogens with zero attached hydrogens (tertiary/aromatic N) is 2. The Morgan fingerprint density at radius 3 is 2.74 bits per heavy atom. The summed E-state index contributed by atoms with van der Waals surface area (Å²) in [5.74, 6) is -1.44. The maximum atomic E-state index is 12.4. The molecule has 1 fully saturated rings. The first-order valence-electron chi connectivity index (χ1n) is 8.29. The van der Waals surface area contributed by atoms with Crippen LogP contribution in [-0.4, -0.2) is 32.3 Å². The first-order chi connectivity index (χ1) is 10.7. The number of carbonyl (C=O) groups is 2. The SMILES string of the molecule is Cc1cc(C)n(C(C)CC(=O)NC2(C)CCCCC2C(=O)O)n1. The minimum Gasteiger partial charge on any atom is -0.481 e. The van der Waals surface area contributed by atoms with E-state index in [1.54, 1.807) is 0 Å². The van der Waals surface area contributed by atoms with E-state index in [-0.39, 0.29) is 11.9 Å². The highest BCUT2D eigenvalue weighted by Gasteiger charge is 2.42. The summed E-state index contributed by atoms with van der Waals surface area (Å²) >= 11 is 0. The second-order valence-corrected chi connectivity index (χ2v) is 7.03. The van der Waals surface area contributed by atoms with Gasteiger partial charge in [0.15, 0.2) is 0 Å². The topological polar surface area (TPSA) is 84.2 Å². The minimum absolute atomic E-state index is 0.0563. The molecule has 6 nitrogen and oxygen atoms in total.